The lowest BCUT2D eigenvalue weighted by molar-refractivity contribution is -0.182. The number of aromatic nitrogens is 1. The molecule has 2 aromatic heterocycles. The lowest BCUT2D eigenvalue weighted by Crippen LogP contribution is -2.01. The van der Waals surface area contributed by atoms with E-state index in [4.69, 9.17) is 9.67 Å². The molecule has 0 amide bonds. The summed E-state index contributed by atoms with van der Waals surface area (Å²) in [6.07, 6.45) is 2.88. The third-order valence-corrected chi connectivity index (χ3v) is 2.83. The monoisotopic (exact) mass is 255 g/mol. The molecular formula is C14H9NO4. The Morgan fingerprint density at radius 1 is 1.26 bits per heavy atom. The van der Waals surface area contributed by atoms with Gasteiger partial charge in [0.1, 0.15) is 6.26 Å². The summed E-state index contributed by atoms with van der Waals surface area (Å²) in [6, 6.07) is 11.2. The van der Waals surface area contributed by atoms with Crippen LogP contribution in [0.2, 0.25) is 0 Å². The van der Waals surface area contributed by atoms with Crippen LogP contribution in [0.25, 0.3) is 22.2 Å². The average Bonchev–Trinajstić information content (AvgIpc) is 2.90. The minimum Gasteiger partial charge on any atom is -0.445 e. The molecule has 0 unspecified atom stereocenters. The molecule has 0 aliphatic carbocycles. The van der Waals surface area contributed by atoms with Crippen LogP contribution in [0.3, 0.4) is 0 Å². The molecule has 5 nitrogen and oxygen atoms in total. The highest BCUT2D eigenvalue weighted by Gasteiger charge is 2.14. The largest absolute Gasteiger partial charge is 0.445 e. The first-order valence-electron chi connectivity index (χ1n) is 5.58. The van der Waals surface area contributed by atoms with Gasteiger partial charge in [-0.3, -0.25) is 4.89 Å². The molecule has 0 aliphatic rings. The highest BCUT2D eigenvalue weighted by Crippen LogP contribution is 2.29. The Morgan fingerprint density at radius 3 is 2.79 bits per heavy atom. The molecule has 19 heavy (non-hydrogen) atoms. The Balaban J connectivity index is 2.19. The van der Waals surface area contributed by atoms with Gasteiger partial charge >= 0.3 is 5.97 Å². The van der Waals surface area contributed by atoms with Crippen molar-refractivity contribution in [2.75, 3.05) is 0 Å². The molecule has 3 aromatic rings. The van der Waals surface area contributed by atoms with E-state index in [0.29, 0.717) is 11.1 Å². The minimum atomic E-state index is -0.852. The molecule has 5 heteroatoms. The van der Waals surface area contributed by atoms with E-state index in [1.165, 1.54) is 6.20 Å². The molecule has 0 spiro atoms. The lowest BCUT2D eigenvalue weighted by Gasteiger charge is -1.99. The Bertz CT molecular complexity index is 734. The van der Waals surface area contributed by atoms with E-state index >= 15 is 0 Å². The van der Waals surface area contributed by atoms with Gasteiger partial charge in [0, 0.05) is 17.1 Å². The van der Waals surface area contributed by atoms with Crippen LogP contribution >= 0.6 is 0 Å². The normalized spacial score (nSPS) is 10.6. The predicted molar refractivity (Wildman–Crippen MR) is 67.5 cm³/mol. The van der Waals surface area contributed by atoms with Crippen LogP contribution in [0, 0.1) is 0 Å². The van der Waals surface area contributed by atoms with Crippen molar-refractivity contribution in [2.45, 2.75) is 0 Å². The van der Waals surface area contributed by atoms with Gasteiger partial charge in [0.15, 0.2) is 0 Å². The number of carbonyl (C=O) groups excluding carboxylic acids is 1. The fourth-order valence-electron chi connectivity index (χ4n) is 1.92. The Hall–Kier alpha value is -2.66. The molecule has 2 heterocycles. The van der Waals surface area contributed by atoms with Gasteiger partial charge in [-0.15, -0.1) is 0 Å². The summed E-state index contributed by atoms with van der Waals surface area (Å²) < 4.78 is 5.35. The maximum Gasteiger partial charge on any atom is 0.374 e. The zero-order valence-electron chi connectivity index (χ0n) is 9.74. The van der Waals surface area contributed by atoms with Crippen LogP contribution in [-0.2, 0) is 4.89 Å². The summed E-state index contributed by atoms with van der Waals surface area (Å²) in [6.45, 7) is 0. The number of fused-ring (bicyclic) bond motifs is 1. The topological polar surface area (TPSA) is 72.6 Å². The Morgan fingerprint density at radius 2 is 2.05 bits per heavy atom. The van der Waals surface area contributed by atoms with Crippen LogP contribution in [0.4, 0.5) is 0 Å². The summed E-state index contributed by atoms with van der Waals surface area (Å²) in [5.41, 5.74) is 2.37. The Kier molecular flexibility index (Phi) is 2.74. The molecule has 0 aliphatic heterocycles. The van der Waals surface area contributed by atoms with Gasteiger partial charge in [-0.05, 0) is 11.6 Å². The fourth-order valence-corrected chi connectivity index (χ4v) is 1.92. The highest BCUT2D eigenvalue weighted by molar-refractivity contribution is 5.98. The molecule has 1 N–H and O–H groups in total. The number of nitrogens with zero attached hydrogens (tertiary/aromatic N) is 1. The first-order valence-corrected chi connectivity index (χ1v) is 5.58. The number of carbonyl (C=O) groups is 1. The van der Waals surface area contributed by atoms with Gasteiger partial charge in [0.25, 0.3) is 0 Å². The van der Waals surface area contributed by atoms with Crippen LogP contribution in [-0.4, -0.2) is 16.2 Å². The molecule has 94 valence electrons. The van der Waals surface area contributed by atoms with Crippen molar-refractivity contribution in [2.24, 2.45) is 0 Å². The number of hydrogen-bond acceptors (Lipinski definition) is 5. The van der Waals surface area contributed by atoms with E-state index in [1.54, 1.807) is 12.3 Å². The summed E-state index contributed by atoms with van der Waals surface area (Å²) in [5, 5.41) is 9.09. The van der Waals surface area contributed by atoms with Gasteiger partial charge in [-0.2, -0.15) is 5.26 Å². The van der Waals surface area contributed by atoms with E-state index in [2.05, 4.69) is 9.87 Å². The van der Waals surface area contributed by atoms with Crippen LogP contribution < -0.4 is 0 Å². The average molecular weight is 255 g/mol. The third kappa shape index (κ3) is 1.96. The number of rotatable bonds is 2. The van der Waals surface area contributed by atoms with Crippen molar-refractivity contribution in [3.63, 3.8) is 0 Å². The van der Waals surface area contributed by atoms with Gasteiger partial charge in [-0.25, -0.2) is 9.78 Å². The van der Waals surface area contributed by atoms with E-state index in [9.17, 15) is 4.79 Å². The zero-order chi connectivity index (χ0) is 13.2. The van der Waals surface area contributed by atoms with E-state index < -0.39 is 5.97 Å². The van der Waals surface area contributed by atoms with E-state index in [1.807, 2.05) is 30.3 Å². The van der Waals surface area contributed by atoms with Gasteiger partial charge in [0.2, 0.25) is 5.71 Å². The highest BCUT2D eigenvalue weighted by atomic mass is 17.1. The van der Waals surface area contributed by atoms with Gasteiger partial charge in [0.05, 0.1) is 5.56 Å². The second kappa shape index (κ2) is 4.55. The number of benzene rings is 1. The minimum absolute atomic E-state index is 0.161. The van der Waals surface area contributed by atoms with Crippen LogP contribution in [0.1, 0.15) is 10.4 Å². The first kappa shape index (κ1) is 11.4. The predicted octanol–water partition coefficient (Wildman–Crippen LogP) is 3.12. The summed E-state index contributed by atoms with van der Waals surface area (Å²) >= 11 is 0. The van der Waals surface area contributed by atoms with Crippen LogP contribution in [0.15, 0.2) is 53.3 Å². The maximum atomic E-state index is 11.3. The van der Waals surface area contributed by atoms with Crippen molar-refractivity contribution < 1.29 is 19.4 Å². The second-order valence-electron chi connectivity index (χ2n) is 3.97. The molecule has 0 bridgehead atoms. The SMILES string of the molecule is O=C(OO)c1cnc2occ(-c3ccccc3)c2c1. The molecule has 0 saturated heterocycles. The van der Waals surface area contributed by atoms with Crippen molar-refractivity contribution in [3.05, 3.63) is 54.4 Å². The molecule has 0 fully saturated rings. The van der Waals surface area contributed by atoms with E-state index in [0.717, 1.165) is 11.1 Å². The standard InChI is InChI=1S/C14H9NO4/c16-14(19-17)10-6-11-12(8-18-13(11)15-7-10)9-4-2-1-3-5-9/h1-8,17H. The lowest BCUT2D eigenvalue weighted by atomic mass is 10.1. The molecule has 0 radical (unpaired) electrons. The summed E-state index contributed by atoms with van der Waals surface area (Å²) in [7, 11) is 0. The van der Waals surface area contributed by atoms with Gasteiger partial charge in [-0.1, -0.05) is 30.3 Å². The van der Waals surface area contributed by atoms with Crippen LogP contribution in [0.5, 0.6) is 0 Å². The number of pyridine rings is 1. The number of furan rings is 1. The molecule has 0 saturated carbocycles. The smallest absolute Gasteiger partial charge is 0.374 e. The Labute approximate surface area is 108 Å². The first-order chi connectivity index (χ1) is 9.29. The van der Waals surface area contributed by atoms with Crippen molar-refractivity contribution >= 4 is 17.1 Å². The summed E-state index contributed by atoms with van der Waals surface area (Å²) in [4.78, 5) is 19.0. The second-order valence-corrected chi connectivity index (χ2v) is 3.97. The number of hydrogen-bond donors (Lipinski definition) is 1. The van der Waals surface area contributed by atoms with Gasteiger partial charge < -0.3 is 4.42 Å². The third-order valence-electron chi connectivity index (χ3n) is 2.83. The van der Waals surface area contributed by atoms with Crippen molar-refractivity contribution in [1.29, 1.82) is 0 Å². The molecule has 3 rings (SSSR count). The van der Waals surface area contributed by atoms with Crippen molar-refractivity contribution in [3.8, 4) is 11.1 Å². The molecule has 1 aromatic carbocycles. The fraction of sp³-hybridized carbons (Fsp3) is 0. The van der Waals surface area contributed by atoms with Crippen molar-refractivity contribution in [1.82, 2.24) is 4.98 Å². The quantitative estimate of drug-likeness (QED) is 0.562. The molecule has 0 atom stereocenters. The maximum absolute atomic E-state index is 11.3. The zero-order valence-corrected chi connectivity index (χ0v) is 9.74. The molecular weight excluding hydrogens is 246 g/mol. The summed E-state index contributed by atoms with van der Waals surface area (Å²) in [5.74, 6) is -0.852. The van der Waals surface area contributed by atoms with E-state index in [-0.39, 0.29) is 5.56 Å².